The van der Waals surface area contributed by atoms with Gasteiger partial charge < -0.3 is 14.9 Å². The predicted octanol–water partition coefficient (Wildman–Crippen LogP) is 2.84. The van der Waals surface area contributed by atoms with Gasteiger partial charge in [0.15, 0.2) is 0 Å². The molecule has 4 atom stereocenters. The Hall–Kier alpha value is -2.73. The molecule has 0 spiro atoms. The molecule has 3 aromatic rings. The van der Waals surface area contributed by atoms with Crippen LogP contribution in [0.15, 0.2) is 52.2 Å². The van der Waals surface area contributed by atoms with E-state index in [9.17, 15) is 9.59 Å². The number of aromatic nitrogens is 3. The SMILES string of the molecule is CC1CCC2CC(n3c(=O)c(-c4ccc(=O)[nH]c4)nc4ccccc43)CC1N2. The van der Waals surface area contributed by atoms with E-state index >= 15 is 0 Å². The highest BCUT2D eigenvalue weighted by molar-refractivity contribution is 5.77. The van der Waals surface area contributed by atoms with Gasteiger partial charge in [-0.05, 0) is 49.8 Å². The Bertz CT molecular complexity index is 1130. The van der Waals surface area contributed by atoms with Crippen LogP contribution < -0.4 is 16.4 Å². The lowest BCUT2D eigenvalue weighted by Gasteiger charge is -2.44. The summed E-state index contributed by atoms with van der Waals surface area (Å²) in [6.45, 7) is 2.30. The molecule has 2 fully saturated rings. The van der Waals surface area contributed by atoms with Crippen molar-refractivity contribution in [3.05, 3.63) is 63.3 Å². The molecule has 4 heterocycles. The lowest BCUT2D eigenvalue weighted by molar-refractivity contribution is 0.144. The number of hydrogen-bond donors (Lipinski definition) is 2. The maximum Gasteiger partial charge on any atom is 0.277 e. The Morgan fingerprint density at radius 2 is 1.93 bits per heavy atom. The van der Waals surface area contributed by atoms with Gasteiger partial charge in [0.1, 0.15) is 5.69 Å². The average Bonchev–Trinajstić information content (AvgIpc) is 2.71. The number of para-hydroxylation sites is 2. The van der Waals surface area contributed by atoms with Crippen LogP contribution in [0.3, 0.4) is 0 Å². The molecule has 144 valence electrons. The van der Waals surface area contributed by atoms with Crippen LogP contribution in [0, 0.1) is 5.92 Å². The van der Waals surface area contributed by atoms with Crippen molar-refractivity contribution in [1.82, 2.24) is 19.9 Å². The van der Waals surface area contributed by atoms with Gasteiger partial charge in [0.25, 0.3) is 5.56 Å². The molecule has 28 heavy (non-hydrogen) atoms. The zero-order valence-electron chi connectivity index (χ0n) is 15.9. The zero-order valence-corrected chi connectivity index (χ0v) is 15.9. The van der Waals surface area contributed by atoms with E-state index in [0.717, 1.165) is 23.9 Å². The minimum absolute atomic E-state index is 0.0802. The second kappa shape index (κ2) is 6.71. The Morgan fingerprint density at radius 1 is 1.07 bits per heavy atom. The number of fused-ring (bicyclic) bond motifs is 3. The number of benzene rings is 1. The fourth-order valence-electron chi connectivity index (χ4n) is 4.89. The van der Waals surface area contributed by atoms with Crippen molar-refractivity contribution in [3.8, 4) is 11.3 Å². The molecule has 6 heteroatoms. The van der Waals surface area contributed by atoms with Crippen molar-refractivity contribution in [2.45, 2.75) is 50.7 Å². The van der Waals surface area contributed by atoms with Gasteiger partial charge in [-0.2, -0.15) is 0 Å². The van der Waals surface area contributed by atoms with Gasteiger partial charge in [-0.15, -0.1) is 0 Å². The van der Waals surface area contributed by atoms with E-state index in [1.807, 2.05) is 28.8 Å². The maximum absolute atomic E-state index is 13.6. The van der Waals surface area contributed by atoms with Crippen LogP contribution >= 0.6 is 0 Å². The van der Waals surface area contributed by atoms with Gasteiger partial charge in [0.05, 0.1) is 11.0 Å². The molecular weight excluding hydrogens is 352 g/mol. The van der Waals surface area contributed by atoms with E-state index in [0.29, 0.717) is 29.3 Å². The minimum Gasteiger partial charge on any atom is -0.328 e. The largest absolute Gasteiger partial charge is 0.328 e. The average molecular weight is 376 g/mol. The molecule has 0 saturated carbocycles. The van der Waals surface area contributed by atoms with Crippen LogP contribution in [-0.4, -0.2) is 26.6 Å². The summed E-state index contributed by atoms with van der Waals surface area (Å²) in [5, 5.41) is 3.75. The molecule has 0 radical (unpaired) electrons. The topological polar surface area (TPSA) is 79.8 Å². The zero-order chi connectivity index (χ0) is 19.3. The Labute approximate surface area is 162 Å². The second-order valence-electron chi connectivity index (χ2n) is 8.22. The first-order valence-electron chi connectivity index (χ1n) is 10.1. The molecule has 1 aromatic carbocycles. The molecule has 2 bridgehead atoms. The van der Waals surface area contributed by atoms with Gasteiger partial charge in [0.2, 0.25) is 5.56 Å². The number of piperidine rings is 2. The van der Waals surface area contributed by atoms with Crippen molar-refractivity contribution in [2.75, 3.05) is 0 Å². The van der Waals surface area contributed by atoms with Gasteiger partial charge in [-0.25, -0.2) is 4.98 Å². The van der Waals surface area contributed by atoms with Crippen molar-refractivity contribution < 1.29 is 0 Å². The van der Waals surface area contributed by atoms with Crippen LogP contribution in [0.1, 0.15) is 38.6 Å². The number of pyridine rings is 1. The summed E-state index contributed by atoms with van der Waals surface area (Å²) < 4.78 is 1.96. The summed E-state index contributed by atoms with van der Waals surface area (Å²) in [5.74, 6) is 0.626. The molecule has 0 aliphatic carbocycles. The van der Waals surface area contributed by atoms with E-state index in [-0.39, 0.29) is 17.2 Å². The van der Waals surface area contributed by atoms with Gasteiger partial charge in [0, 0.05) is 36.0 Å². The van der Waals surface area contributed by atoms with Crippen LogP contribution in [0.4, 0.5) is 0 Å². The third kappa shape index (κ3) is 2.88. The van der Waals surface area contributed by atoms with E-state index in [2.05, 4.69) is 22.2 Å². The Kier molecular flexibility index (Phi) is 4.16. The summed E-state index contributed by atoms with van der Waals surface area (Å²) in [5.41, 5.74) is 2.46. The summed E-state index contributed by atoms with van der Waals surface area (Å²) in [6.07, 6.45) is 5.91. The van der Waals surface area contributed by atoms with Crippen molar-refractivity contribution in [1.29, 1.82) is 0 Å². The number of rotatable bonds is 2. The van der Waals surface area contributed by atoms with Crippen molar-refractivity contribution in [3.63, 3.8) is 0 Å². The third-order valence-electron chi connectivity index (χ3n) is 6.41. The predicted molar refractivity (Wildman–Crippen MR) is 109 cm³/mol. The monoisotopic (exact) mass is 376 g/mol. The molecule has 4 unspecified atom stereocenters. The van der Waals surface area contributed by atoms with Gasteiger partial charge in [-0.3, -0.25) is 9.59 Å². The van der Waals surface area contributed by atoms with Crippen LogP contribution in [0.2, 0.25) is 0 Å². The van der Waals surface area contributed by atoms with Gasteiger partial charge in [-0.1, -0.05) is 19.1 Å². The standard InChI is InChI=1S/C22H24N4O2/c1-13-6-8-15-10-16(11-18(13)24-15)26-19-5-3-2-4-17(19)25-21(22(26)28)14-7-9-20(27)23-12-14/h2-5,7,9,12-13,15-16,18,24H,6,8,10-11H2,1H3,(H,23,27). The normalized spacial score (nSPS) is 27.0. The highest BCUT2D eigenvalue weighted by Crippen LogP contribution is 2.36. The second-order valence-corrected chi connectivity index (χ2v) is 8.22. The first-order chi connectivity index (χ1) is 13.6. The van der Waals surface area contributed by atoms with Crippen molar-refractivity contribution in [2.24, 2.45) is 5.92 Å². The number of nitrogens with one attached hydrogen (secondary N) is 2. The van der Waals surface area contributed by atoms with Crippen LogP contribution in [0.25, 0.3) is 22.3 Å². The van der Waals surface area contributed by atoms with E-state index in [1.165, 1.54) is 18.9 Å². The smallest absolute Gasteiger partial charge is 0.277 e. The molecule has 2 N–H and O–H groups in total. The number of nitrogens with zero attached hydrogens (tertiary/aromatic N) is 2. The Balaban J connectivity index is 1.69. The van der Waals surface area contributed by atoms with E-state index in [1.54, 1.807) is 12.3 Å². The molecule has 5 rings (SSSR count). The Morgan fingerprint density at radius 3 is 2.75 bits per heavy atom. The lowest BCUT2D eigenvalue weighted by Crippen LogP contribution is -2.53. The minimum atomic E-state index is -0.190. The number of hydrogen-bond acceptors (Lipinski definition) is 4. The van der Waals surface area contributed by atoms with Crippen molar-refractivity contribution >= 4 is 11.0 Å². The summed E-state index contributed by atoms with van der Waals surface area (Å²) in [4.78, 5) is 32.3. The fraction of sp³-hybridized carbons (Fsp3) is 0.409. The molecule has 0 amide bonds. The number of H-pyrrole nitrogens is 1. The molecule has 6 nitrogen and oxygen atoms in total. The summed E-state index contributed by atoms with van der Waals surface area (Å²) in [7, 11) is 0. The maximum atomic E-state index is 13.6. The molecule has 2 aliphatic heterocycles. The highest BCUT2D eigenvalue weighted by Gasteiger charge is 2.36. The van der Waals surface area contributed by atoms with Gasteiger partial charge >= 0.3 is 0 Å². The van der Waals surface area contributed by atoms with Crippen LogP contribution in [-0.2, 0) is 0 Å². The quantitative estimate of drug-likeness (QED) is 0.721. The van der Waals surface area contributed by atoms with E-state index < -0.39 is 0 Å². The first kappa shape index (κ1) is 17.4. The fourth-order valence-corrected chi connectivity index (χ4v) is 4.89. The molecule has 2 saturated heterocycles. The van der Waals surface area contributed by atoms with Crippen LogP contribution in [0.5, 0.6) is 0 Å². The summed E-state index contributed by atoms with van der Waals surface area (Å²) >= 11 is 0. The summed E-state index contributed by atoms with van der Waals surface area (Å²) in [6, 6.07) is 12.0. The molecule has 2 aliphatic rings. The first-order valence-corrected chi connectivity index (χ1v) is 10.1. The number of aromatic amines is 1. The molecular formula is C22H24N4O2. The van der Waals surface area contributed by atoms with E-state index in [4.69, 9.17) is 0 Å². The third-order valence-corrected chi connectivity index (χ3v) is 6.41. The molecule has 2 aromatic heterocycles. The highest BCUT2D eigenvalue weighted by atomic mass is 16.1. The lowest BCUT2D eigenvalue weighted by atomic mass is 9.78.